The summed E-state index contributed by atoms with van der Waals surface area (Å²) in [6.45, 7) is 2.90. The van der Waals surface area contributed by atoms with Gasteiger partial charge in [0.25, 0.3) is 5.56 Å². The van der Waals surface area contributed by atoms with E-state index in [9.17, 15) is 9.59 Å². The first-order chi connectivity index (χ1) is 13.0. The minimum Gasteiger partial charge on any atom is -0.385 e. The van der Waals surface area contributed by atoms with Gasteiger partial charge in [0, 0.05) is 44.1 Å². The van der Waals surface area contributed by atoms with Crippen molar-refractivity contribution in [3.63, 3.8) is 0 Å². The number of benzene rings is 1. The fraction of sp³-hybridized carbons (Fsp3) is 0.368. The molecule has 0 aliphatic carbocycles. The van der Waals surface area contributed by atoms with Crippen LogP contribution in [0.25, 0.3) is 17.2 Å². The molecule has 0 fully saturated rings. The van der Waals surface area contributed by atoms with Gasteiger partial charge in [0.2, 0.25) is 11.7 Å². The topological polar surface area (TPSA) is 90.5 Å². The lowest BCUT2D eigenvalue weighted by atomic mass is 10.1. The Hall–Kier alpha value is -3.00. The van der Waals surface area contributed by atoms with Crippen molar-refractivity contribution in [2.75, 3.05) is 20.3 Å². The molecule has 0 saturated carbocycles. The fourth-order valence-corrected chi connectivity index (χ4v) is 2.87. The molecule has 0 radical (unpaired) electrons. The highest BCUT2D eigenvalue weighted by atomic mass is 16.5. The second-order valence-corrected chi connectivity index (χ2v) is 6.31. The van der Waals surface area contributed by atoms with E-state index in [0.29, 0.717) is 36.0 Å². The summed E-state index contributed by atoms with van der Waals surface area (Å²) in [7, 11) is 3.43. The lowest BCUT2D eigenvalue weighted by Crippen LogP contribution is -2.32. The summed E-state index contributed by atoms with van der Waals surface area (Å²) in [5.41, 5.74) is 1.63. The number of aromatic nitrogens is 4. The van der Waals surface area contributed by atoms with E-state index in [1.165, 1.54) is 4.52 Å². The maximum absolute atomic E-state index is 12.9. The second-order valence-electron chi connectivity index (χ2n) is 6.31. The number of hydrogen-bond donors (Lipinski definition) is 1. The maximum Gasteiger partial charge on any atom is 0.279 e. The number of amides is 1. The first-order valence-electron chi connectivity index (χ1n) is 8.79. The molecular weight excluding hydrogens is 346 g/mol. The Morgan fingerprint density at radius 1 is 1.26 bits per heavy atom. The number of rotatable bonds is 7. The largest absolute Gasteiger partial charge is 0.385 e. The second kappa shape index (κ2) is 8.13. The van der Waals surface area contributed by atoms with Crippen LogP contribution in [0.1, 0.15) is 17.7 Å². The Kier molecular flexibility index (Phi) is 5.66. The first-order valence-corrected chi connectivity index (χ1v) is 8.79. The van der Waals surface area contributed by atoms with Gasteiger partial charge < -0.3 is 14.6 Å². The highest BCUT2D eigenvalue weighted by molar-refractivity contribution is 5.78. The molecule has 8 heteroatoms. The summed E-state index contributed by atoms with van der Waals surface area (Å²) in [6, 6.07) is 9.47. The number of hydrogen-bond acceptors (Lipinski definition) is 5. The molecule has 2 aromatic heterocycles. The Morgan fingerprint density at radius 2 is 2.00 bits per heavy atom. The minimum atomic E-state index is -0.317. The van der Waals surface area contributed by atoms with Crippen LogP contribution >= 0.6 is 0 Å². The van der Waals surface area contributed by atoms with Crippen molar-refractivity contribution in [3.05, 3.63) is 51.9 Å². The molecule has 27 heavy (non-hydrogen) atoms. The molecule has 142 valence electrons. The molecule has 2 heterocycles. The number of methoxy groups -OCH3 is 1. The van der Waals surface area contributed by atoms with Crippen molar-refractivity contribution in [2.45, 2.75) is 19.8 Å². The number of nitrogens with zero attached hydrogens (tertiary/aromatic N) is 4. The first kappa shape index (κ1) is 18.8. The number of ether oxygens (including phenoxy) is 1. The molecule has 0 saturated heterocycles. The van der Waals surface area contributed by atoms with Crippen molar-refractivity contribution in [3.8, 4) is 11.4 Å². The number of aryl methyl sites for hydroxylation is 1. The third-order valence-electron chi connectivity index (χ3n) is 4.50. The average Bonchev–Trinajstić information content (AvgIpc) is 3.13. The summed E-state index contributed by atoms with van der Waals surface area (Å²) < 4.78 is 8.01. The van der Waals surface area contributed by atoms with Crippen molar-refractivity contribution in [1.29, 1.82) is 0 Å². The molecule has 0 spiro atoms. The van der Waals surface area contributed by atoms with E-state index >= 15 is 0 Å². The molecule has 3 rings (SSSR count). The van der Waals surface area contributed by atoms with Gasteiger partial charge in [0.15, 0.2) is 5.82 Å². The van der Waals surface area contributed by atoms with Crippen molar-refractivity contribution in [1.82, 2.24) is 24.5 Å². The van der Waals surface area contributed by atoms with E-state index < -0.39 is 0 Å². The summed E-state index contributed by atoms with van der Waals surface area (Å²) in [4.78, 5) is 29.6. The summed E-state index contributed by atoms with van der Waals surface area (Å²) in [5, 5.41) is 7.17. The zero-order chi connectivity index (χ0) is 19.4. The number of fused-ring (bicyclic) bond motifs is 1. The Morgan fingerprint density at radius 3 is 2.70 bits per heavy atom. The molecule has 1 amide bonds. The molecule has 0 atom stereocenters. The predicted molar refractivity (Wildman–Crippen MR) is 102 cm³/mol. The lowest BCUT2D eigenvalue weighted by Gasteiger charge is -2.11. The van der Waals surface area contributed by atoms with Crippen molar-refractivity contribution in [2.24, 2.45) is 7.05 Å². The molecule has 3 aromatic rings. The molecule has 1 aromatic carbocycles. The SMILES string of the molecule is COCCCNC(=O)Cc1c(C)n(C)c2nc(-c3ccccc3)nn2c1=O. The monoisotopic (exact) mass is 369 g/mol. The molecule has 1 N–H and O–H groups in total. The van der Waals surface area contributed by atoms with E-state index in [-0.39, 0.29) is 17.9 Å². The molecule has 0 aliphatic rings. The fourth-order valence-electron chi connectivity index (χ4n) is 2.87. The highest BCUT2D eigenvalue weighted by Crippen LogP contribution is 2.16. The quantitative estimate of drug-likeness (QED) is 0.630. The van der Waals surface area contributed by atoms with Gasteiger partial charge >= 0.3 is 0 Å². The third kappa shape index (κ3) is 3.90. The van der Waals surface area contributed by atoms with Crippen molar-refractivity contribution < 1.29 is 9.53 Å². The molecular formula is C19H23N5O3. The summed E-state index contributed by atoms with van der Waals surface area (Å²) >= 11 is 0. The summed E-state index contributed by atoms with van der Waals surface area (Å²) in [6.07, 6.45) is 0.726. The highest BCUT2D eigenvalue weighted by Gasteiger charge is 2.18. The van der Waals surface area contributed by atoms with Crippen LogP contribution < -0.4 is 10.9 Å². The zero-order valence-electron chi connectivity index (χ0n) is 15.7. The Balaban J connectivity index is 1.93. The van der Waals surface area contributed by atoms with E-state index in [4.69, 9.17) is 4.74 Å². The van der Waals surface area contributed by atoms with Crippen LogP contribution in [0.2, 0.25) is 0 Å². The lowest BCUT2D eigenvalue weighted by molar-refractivity contribution is -0.120. The molecule has 0 unspecified atom stereocenters. The van der Waals surface area contributed by atoms with Crippen molar-refractivity contribution >= 4 is 11.7 Å². The van der Waals surface area contributed by atoms with Crippen LogP contribution in [0, 0.1) is 6.92 Å². The van der Waals surface area contributed by atoms with Gasteiger partial charge in [0.1, 0.15) is 0 Å². The third-order valence-corrected chi connectivity index (χ3v) is 4.50. The normalized spacial score (nSPS) is 11.1. The minimum absolute atomic E-state index is 0.00194. The average molecular weight is 369 g/mol. The molecule has 0 aliphatic heterocycles. The van der Waals surface area contributed by atoms with Crippen LogP contribution in [-0.2, 0) is 23.0 Å². The molecule has 8 nitrogen and oxygen atoms in total. The van der Waals surface area contributed by atoms with Gasteiger partial charge in [-0.1, -0.05) is 30.3 Å². The van der Waals surface area contributed by atoms with E-state index in [1.54, 1.807) is 11.7 Å². The Bertz CT molecular complexity index is 1010. The van der Waals surface area contributed by atoms with Crippen LogP contribution in [0.5, 0.6) is 0 Å². The van der Waals surface area contributed by atoms with Crippen LogP contribution in [0.15, 0.2) is 35.1 Å². The van der Waals surface area contributed by atoms with E-state index in [1.807, 2.05) is 44.3 Å². The predicted octanol–water partition coefficient (Wildman–Crippen LogP) is 1.10. The van der Waals surface area contributed by atoms with Crippen LogP contribution in [-0.4, -0.2) is 45.3 Å². The summed E-state index contributed by atoms with van der Waals surface area (Å²) in [5.74, 6) is 0.721. The number of carbonyl (C=O) groups excluding carboxylic acids is 1. The molecule has 0 bridgehead atoms. The standard InChI is InChI=1S/C19H23N5O3/c1-13-15(12-16(25)20-10-7-11-27-3)18(26)24-19(23(13)2)21-17(22-24)14-8-5-4-6-9-14/h4-6,8-9H,7,10-12H2,1-3H3,(H,20,25). The Labute approximate surface area is 156 Å². The maximum atomic E-state index is 12.9. The van der Waals surface area contributed by atoms with Gasteiger partial charge in [-0.2, -0.15) is 9.50 Å². The number of carbonyl (C=O) groups is 1. The van der Waals surface area contributed by atoms with Gasteiger partial charge in [-0.3, -0.25) is 9.59 Å². The van der Waals surface area contributed by atoms with Gasteiger partial charge in [-0.05, 0) is 13.3 Å². The smallest absolute Gasteiger partial charge is 0.279 e. The van der Waals surface area contributed by atoms with Crippen LogP contribution in [0.4, 0.5) is 0 Å². The van der Waals surface area contributed by atoms with E-state index in [0.717, 1.165) is 12.0 Å². The number of nitrogens with one attached hydrogen (secondary N) is 1. The van der Waals surface area contributed by atoms with Gasteiger partial charge in [0.05, 0.1) is 6.42 Å². The zero-order valence-corrected chi connectivity index (χ0v) is 15.7. The van der Waals surface area contributed by atoms with Gasteiger partial charge in [-0.15, -0.1) is 5.10 Å². The van der Waals surface area contributed by atoms with E-state index in [2.05, 4.69) is 15.4 Å². The van der Waals surface area contributed by atoms with Gasteiger partial charge in [-0.25, -0.2) is 0 Å². The van der Waals surface area contributed by atoms with Crippen LogP contribution in [0.3, 0.4) is 0 Å².